The standard InChI is InChI=1S/C11H10N2O3S/c12-4-8-7(6-1-2-6)3-9(14)13-11(8)17-5-10(15)16/h3,6H,1-2,5H2,(H,13,14)(H,15,16). The molecule has 6 heteroatoms. The third-order valence-corrected chi connectivity index (χ3v) is 3.49. The number of rotatable bonds is 4. The highest BCUT2D eigenvalue weighted by molar-refractivity contribution is 7.99. The average Bonchev–Trinajstić information content (AvgIpc) is 3.09. The van der Waals surface area contributed by atoms with E-state index in [0.29, 0.717) is 10.6 Å². The van der Waals surface area contributed by atoms with Crippen molar-refractivity contribution in [1.82, 2.24) is 4.98 Å². The predicted molar refractivity (Wildman–Crippen MR) is 62.1 cm³/mol. The molecule has 0 aromatic carbocycles. The minimum Gasteiger partial charge on any atom is -0.481 e. The third kappa shape index (κ3) is 2.68. The molecule has 0 radical (unpaired) electrons. The summed E-state index contributed by atoms with van der Waals surface area (Å²) in [7, 11) is 0. The van der Waals surface area contributed by atoms with Crippen LogP contribution in [0.25, 0.3) is 0 Å². The van der Waals surface area contributed by atoms with Crippen LogP contribution in [0.2, 0.25) is 0 Å². The predicted octanol–water partition coefficient (Wildman–Crippen LogP) is 1.30. The molecule has 1 saturated carbocycles. The lowest BCUT2D eigenvalue weighted by Crippen LogP contribution is -2.11. The lowest BCUT2D eigenvalue weighted by atomic mass is 10.1. The fourth-order valence-corrected chi connectivity index (χ4v) is 2.38. The van der Waals surface area contributed by atoms with E-state index in [1.54, 1.807) is 0 Å². The Morgan fingerprint density at radius 2 is 2.35 bits per heavy atom. The van der Waals surface area contributed by atoms with Gasteiger partial charge in [0.25, 0.3) is 0 Å². The second kappa shape index (κ2) is 4.63. The third-order valence-electron chi connectivity index (χ3n) is 2.51. The van der Waals surface area contributed by atoms with Crippen molar-refractivity contribution in [2.75, 3.05) is 5.75 Å². The van der Waals surface area contributed by atoms with Gasteiger partial charge in [0.2, 0.25) is 5.56 Å². The second-order valence-corrected chi connectivity index (χ2v) is 4.85. The molecule has 1 heterocycles. The van der Waals surface area contributed by atoms with Crippen molar-refractivity contribution < 1.29 is 9.90 Å². The van der Waals surface area contributed by atoms with E-state index in [2.05, 4.69) is 11.1 Å². The van der Waals surface area contributed by atoms with Gasteiger partial charge in [-0.1, -0.05) is 11.8 Å². The molecule has 0 aliphatic heterocycles. The Labute approximate surface area is 101 Å². The number of nitrogens with zero attached hydrogens (tertiary/aromatic N) is 1. The van der Waals surface area contributed by atoms with Crippen molar-refractivity contribution in [1.29, 1.82) is 5.26 Å². The number of hydrogen-bond donors (Lipinski definition) is 2. The molecule has 17 heavy (non-hydrogen) atoms. The van der Waals surface area contributed by atoms with Gasteiger partial charge in [0.1, 0.15) is 6.07 Å². The summed E-state index contributed by atoms with van der Waals surface area (Å²) in [5.41, 5.74) is 0.890. The number of hydrogen-bond acceptors (Lipinski definition) is 4. The quantitative estimate of drug-likeness (QED) is 0.785. The summed E-state index contributed by atoms with van der Waals surface area (Å²) in [5.74, 6) is -0.855. The number of pyridine rings is 1. The lowest BCUT2D eigenvalue weighted by Gasteiger charge is -2.06. The maximum Gasteiger partial charge on any atom is 0.313 e. The molecule has 88 valence electrons. The molecule has 1 fully saturated rings. The van der Waals surface area contributed by atoms with Crippen LogP contribution in [-0.4, -0.2) is 21.8 Å². The number of aromatic nitrogens is 1. The molecule has 1 aliphatic rings. The van der Waals surface area contributed by atoms with Crippen LogP contribution in [0.3, 0.4) is 0 Å². The normalized spacial score (nSPS) is 14.3. The van der Waals surface area contributed by atoms with Crippen LogP contribution < -0.4 is 5.56 Å². The minimum absolute atomic E-state index is 0.168. The molecule has 0 amide bonds. The van der Waals surface area contributed by atoms with Gasteiger partial charge in [-0.15, -0.1) is 0 Å². The fourth-order valence-electron chi connectivity index (χ4n) is 1.63. The molecule has 0 unspecified atom stereocenters. The van der Waals surface area contributed by atoms with Crippen LogP contribution in [0.1, 0.15) is 29.9 Å². The number of aliphatic carboxylic acids is 1. The lowest BCUT2D eigenvalue weighted by molar-refractivity contribution is -0.133. The molecule has 1 aromatic rings. The van der Waals surface area contributed by atoms with E-state index >= 15 is 0 Å². The van der Waals surface area contributed by atoms with E-state index in [0.717, 1.165) is 30.2 Å². The first kappa shape index (κ1) is 11.7. The minimum atomic E-state index is -0.975. The largest absolute Gasteiger partial charge is 0.481 e. The van der Waals surface area contributed by atoms with Gasteiger partial charge < -0.3 is 10.1 Å². The van der Waals surface area contributed by atoms with Crippen molar-refractivity contribution in [3.8, 4) is 6.07 Å². The van der Waals surface area contributed by atoms with Gasteiger partial charge in [-0.3, -0.25) is 9.59 Å². The Morgan fingerprint density at radius 1 is 1.65 bits per heavy atom. The van der Waals surface area contributed by atoms with E-state index in [1.807, 2.05) is 0 Å². The zero-order valence-corrected chi connectivity index (χ0v) is 9.71. The summed E-state index contributed by atoms with van der Waals surface area (Å²) >= 11 is 0.976. The summed E-state index contributed by atoms with van der Waals surface area (Å²) < 4.78 is 0. The van der Waals surface area contributed by atoms with E-state index in [-0.39, 0.29) is 17.2 Å². The summed E-state index contributed by atoms with van der Waals surface area (Å²) in [6.07, 6.45) is 1.97. The number of aromatic amines is 1. The Balaban J connectivity index is 2.39. The molecule has 2 rings (SSSR count). The van der Waals surface area contributed by atoms with Gasteiger partial charge in [0.15, 0.2) is 0 Å². The average molecular weight is 250 g/mol. The number of nitriles is 1. The summed E-state index contributed by atoms with van der Waals surface area (Å²) in [6, 6.07) is 3.50. The Bertz CT molecular complexity index is 555. The monoisotopic (exact) mass is 250 g/mol. The Kier molecular flexibility index (Phi) is 3.20. The van der Waals surface area contributed by atoms with Crippen molar-refractivity contribution in [2.24, 2.45) is 0 Å². The van der Waals surface area contributed by atoms with Crippen molar-refractivity contribution in [3.05, 3.63) is 27.5 Å². The van der Waals surface area contributed by atoms with E-state index in [9.17, 15) is 9.59 Å². The zero-order chi connectivity index (χ0) is 12.4. The number of thioether (sulfide) groups is 1. The number of H-pyrrole nitrogens is 1. The number of carboxylic acids is 1. The maximum atomic E-state index is 11.4. The second-order valence-electron chi connectivity index (χ2n) is 3.86. The Hall–Kier alpha value is -1.74. The maximum absolute atomic E-state index is 11.4. The molecule has 2 N–H and O–H groups in total. The number of carbonyl (C=O) groups is 1. The number of nitrogens with one attached hydrogen (secondary N) is 1. The first-order valence-electron chi connectivity index (χ1n) is 5.13. The summed E-state index contributed by atoms with van der Waals surface area (Å²) in [4.78, 5) is 24.4. The molecular weight excluding hydrogens is 240 g/mol. The zero-order valence-electron chi connectivity index (χ0n) is 8.90. The highest BCUT2D eigenvalue weighted by Crippen LogP contribution is 2.42. The van der Waals surface area contributed by atoms with Gasteiger partial charge in [-0.05, 0) is 24.3 Å². The highest BCUT2D eigenvalue weighted by Gasteiger charge is 2.28. The van der Waals surface area contributed by atoms with Crippen molar-refractivity contribution >= 4 is 17.7 Å². The van der Waals surface area contributed by atoms with Crippen LogP contribution in [0, 0.1) is 11.3 Å². The molecular formula is C11H10N2O3S. The molecule has 0 spiro atoms. The first-order valence-corrected chi connectivity index (χ1v) is 6.12. The molecule has 0 bridgehead atoms. The number of carboxylic acid groups (broad SMARTS) is 1. The first-order chi connectivity index (χ1) is 8.11. The van der Waals surface area contributed by atoms with Gasteiger partial charge in [0, 0.05) is 6.07 Å². The molecule has 5 nitrogen and oxygen atoms in total. The van der Waals surface area contributed by atoms with Crippen LogP contribution >= 0.6 is 11.8 Å². The van der Waals surface area contributed by atoms with Gasteiger partial charge >= 0.3 is 5.97 Å². The van der Waals surface area contributed by atoms with E-state index in [1.165, 1.54) is 6.07 Å². The topological polar surface area (TPSA) is 94.0 Å². The molecule has 1 aromatic heterocycles. The van der Waals surface area contributed by atoms with Crippen molar-refractivity contribution in [3.63, 3.8) is 0 Å². The van der Waals surface area contributed by atoms with Gasteiger partial charge in [-0.2, -0.15) is 5.26 Å². The smallest absolute Gasteiger partial charge is 0.313 e. The van der Waals surface area contributed by atoms with Crippen LogP contribution in [0.5, 0.6) is 0 Å². The molecule has 1 aliphatic carbocycles. The van der Waals surface area contributed by atoms with Gasteiger partial charge in [-0.25, -0.2) is 0 Å². The highest BCUT2D eigenvalue weighted by atomic mass is 32.2. The SMILES string of the molecule is N#Cc1c(C2CC2)cc(=O)[nH]c1SCC(=O)O. The summed E-state index contributed by atoms with van der Waals surface area (Å²) in [6.45, 7) is 0. The fraction of sp³-hybridized carbons (Fsp3) is 0.364. The Morgan fingerprint density at radius 3 is 2.88 bits per heavy atom. The summed E-state index contributed by atoms with van der Waals surface area (Å²) in [5, 5.41) is 18.1. The van der Waals surface area contributed by atoms with E-state index in [4.69, 9.17) is 10.4 Å². The van der Waals surface area contributed by atoms with Crippen molar-refractivity contribution in [2.45, 2.75) is 23.8 Å². The van der Waals surface area contributed by atoms with Crippen LogP contribution in [-0.2, 0) is 4.79 Å². The van der Waals surface area contributed by atoms with Crippen LogP contribution in [0.4, 0.5) is 0 Å². The van der Waals surface area contributed by atoms with Gasteiger partial charge in [0.05, 0.1) is 16.3 Å². The van der Waals surface area contributed by atoms with E-state index < -0.39 is 5.97 Å². The molecule has 0 atom stereocenters. The molecule has 0 saturated heterocycles. The van der Waals surface area contributed by atoms with Crippen LogP contribution in [0.15, 0.2) is 15.9 Å².